The van der Waals surface area contributed by atoms with E-state index in [1.807, 2.05) is 0 Å². The predicted octanol–water partition coefficient (Wildman–Crippen LogP) is 5.04. The number of oxazole rings is 1. The van der Waals surface area contributed by atoms with Crippen LogP contribution in [0.15, 0.2) is 27.3 Å². The van der Waals surface area contributed by atoms with Crippen molar-refractivity contribution in [2.24, 2.45) is 0 Å². The van der Waals surface area contributed by atoms with Gasteiger partial charge >= 0.3 is 6.08 Å². The van der Waals surface area contributed by atoms with E-state index in [0.717, 1.165) is 18.7 Å². The van der Waals surface area contributed by atoms with E-state index >= 15 is 0 Å². The number of rotatable bonds is 6. The third kappa shape index (κ3) is 4.12. The molecule has 0 aliphatic carbocycles. The van der Waals surface area contributed by atoms with Crippen LogP contribution < -0.4 is 10.1 Å². The van der Waals surface area contributed by atoms with Gasteiger partial charge in [0, 0.05) is 17.1 Å². The maximum atomic E-state index is 6.07. The van der Waals surface area contributed by atoms with Gasteiger partial charge in [0.1, 0.15) is 6.26 Å². The highest BCUT2D eigenvalue weighted by molar-refractivity contribution is 9.10. The molecule has 0 aliphatic heterocycles. The standard InChI is InChI=1S/C13H13BrCl2N2O2/c1-2-3-17-6-8-7-19-13(18-8)20-12-5-10(15)9(14)4-11(12)16/h4-5,7,17H,2-3,6H2,1H3. The van der Waals surface area contributed by atoms with Crippen molar-refractivity contribution in [3.8, 4) is 11.8 Å². The molecular formula is C13H13BrCl2N2O2. The summed E-state index contributed by atoms with van der Waals surface area (Å²) in [7, 11) is 0. The molecule has 0 unspecified atom stereocenters. The van der Waals surface area contributed by atoms with Crippen LogP contribution in [0.25, 0.3) is 0 Å². The quantitative estimate of drug-likeness (QED) is 0.564. The molecule has 1 heterocycles. The Bertz CT molecular complexity index is 590. The number of hydrogen-bond acceptors (Lipinski definition) is 4. The Labute approximate surface area is 135 Å². The van der Waals surface area contributed by atoms with Gasteiger partial charge in [0.15, 0.2) is 5.75 Å². The van der Waals surface area contributed by atoms with E-state index in [2.05, 4.69) is 33.2 Å². The SMILES string of the molecule is CCCNCc1coc(Oc2cc(Cl)c(Br)cc2Cl)n1. The highest BCUT2D eigenvalue weighted by Gasteiger charge is 2.11. The molecule has 20 heavy (non-hydrogen) atoms. The number of nitrogens with zero attached hydrogens (tertiary/aromatic N) is 1. The van der Waals surface area contributed by atoms with E-state index in [4.69, 9.17) is 32.4 Å². The van der Waals surface area contributed by atoms with Crippen molar-refractivity contribution in [2.75, 3.05) is 6.54 Å². The molecule has 0 spiro atoms. The molecule has 0 saturated carbocycles. The Morgan fingerprint density at radius 1 is 1.35 bits per heavy atom. The molecule has 2 rings (SSSR count). The minimum Gasteiger partial charge on any atom is -0.417 e. The first-order chi connectivity index (χ1) is 9.60. The van der Waals surface area contributed by atoms with Gasteiger partial charge in [-0.25, -0.2) is 0 Å². The zero-order chi connectivity index (χ0) is 14.5. The first kappa shape index (κ1) is 15.6. The smallest absolute Gasteiger partial charge is 0.399 e. The molecule has 0 bridgehead atoms. The molecule has 0 amide bonds. The number of ether oxygens (including phenoxy) is 1. The number of benzene rings is 1. The summed E-state index contributed by atoms with van der Waals surface area (Å²) in [5, 5.41) is 4.15. The summed E-state index contributed by atoms with van der Waals surface area (Å²) in [5.74, 6) is 0.398. The highest BCUT2D eigenvalue weighted by atomic mass is 79.9. The average molecular weight is 380 g/mol. The Hall–Kier alpha value is -0.750. The fourth-order valence-electron chi connectivity index (χ4n) is 1.49. The average Bonchev–Trinajstić information content (AvgIpc) is 2.84. The second kappa shape index (κ2) is 7.31. The molecule has 0 atom stereocenters. The van der Waals surface area contributed by atoms with Crippen LogP contribution >= 0.6 is 39.1 Å². The second-order valence-corrected chi connectivity index (χ2v) is 5.75. The van der Waals surface area contributed by atoms with E-state index in [0.29, 0.717) is 26.8 Å². The fraction of sp³-hybridized carbons (Fsp3) is 0.308. The lowest BCUT2D eigenvalue weighted by molar-refractivity contribution is 0.331. The van der Waals surface area contributed by atoms with Gasteiger partial charge in [-0.3, -0.25) is 0 Å². The van der Waals surface area contributed by atoms with Crippen LogP contribution in [0.3, 0.4) is 0 Å². The number of hydrogen-bond donors (Lipinski definition) is 1. The van der Waals surface area contributed by atoms with Gasteiger partial charge in [-0.05, 0) is 35.0 Å². The number of halogens is 3. The molecule has 1 aromatic heterocycles. The van der Waals surface area contributed by atoms with Gasteiger partial charge in [0.25, 0.3) is 0 Å². The third-order valence-electron chi connectivity index (χ3n) is 2.44. The van der Waals surface area contributed by atoms with Crippen molar-refractivity contribution in [1.82, 2.24) is 10.3 Å². The molecule has 4 nitrogen and oxygen atoms in total. The lowest BCUT2D eigenvalue weighted by Gasteiger charge is -2.05. The lowest BCUT2D eigenvalue weighted by atomic mass is 10.3. The van der Waals surface area contributed by atoms with Gasteiger partial charge in [-0.15, -0.1) is 0 Å². The van der Waals surface area contributed by atoms with Crippen molar-refractivity contribution in [3.05, 3.63) is 38.6 Å². The topological polar surface area (TPSA) is 47.3 Å². The van der Waals surface area contributed by atoms with Gasteiger partial charge < -0.3 is 14.5 Å². The Morgan fingerprint density at radius 3 is 2.90 bits per heavy atom. The van der Waals surface area contributed by atoms with Gasteiger partial charge in [-0.1, -0.05) is 30.1 Å². The predicted molar refractivity (Wildman–Crippen MR) is 82.7 cm³/mol. The van der Waals surface area contributed by atoms with Crippen LogP contribution in [0, 0.1) is 0 Å². The van der Waals surface area contributed by atoms with E-state index < -0.39 is 0 Å². The van der Waals surface area contributed by atoms with Crippen molar-refractivity contribution in [2.45, 2.75) is 19.9 Å². The molecule has 0 saturated heterocycles. The van der Waals surface area contributed by atoms with Gasteiger partial charge in [0.05, 0.1) is 15.7 Å². The highest BCUT2D eigenvalue weighted by Crippen LogP contribution is 2.36. The monoisotopic (exact) mass is 378 g/mol. The molecule has 2 aromatic rings. The van der Waals surface area contributed by atoms with Crippen molar-refractivity contribution in [1.29, 1.82) is 0 Å². The summed E-state index contributed by atoms with van der Waals surface area (Å²) in [6.45, 7) is 3.66. The first-order valence-electron chi connectivity index (χ1n) is 6.07. The fourth-order valence-corrected chi connectivity index (χ4v) is 2.32. The maximum absolute atomic E-state index is 6.07. The summed E-state index contributed by atoms with van der Waals surface area (Å²) in [6, 6.07) is 3.26. The van der Waals surface area contributed by atoms with Crippen molar-refractivity contribution in [3.63, 3.8) is 0 Å². The minimum absolute atomic E-state index is 0.138. The molecule has 108 valence electrons. The van der Waals surface area contributed by atoms with Crippen molar-refractivity contribution >= 4 is 39.1 Å². The van der Waals surface area contributed by atoms with Crippen LogP contribution in [-0.2, 0) is 6.54 Å². The molecule has 0 aliphatic rings. The Morgan fingerprint density at radius 2 is 2.15 bits per heavy atom. The third-order valence-corrected chi connectivity index (χ3v) is 3.93. The summed E-state index contributed by atoms with van der Waals surface area (Å²) >= 11 is 15.3. The normalized spacial score (nSPS) is 10.8. The molecule has 0 radical (unpaired) electrons. The molecule has 7 heteroatoms. The molecule has 1 N–H and O–H groups in total. The van der Waals surface area contributed by atoms with Crippen LogP contribution in [0.4, 0.5) is 0 Å². The number of nitrogens with one attached hydrogen (secondary N) is 1. The Kier molecular flexibility index (Phi) is 5.72. The van der Waals surface area contributed by atoms with Crippen molar-refractivity contribution < 1.29 is 9.15 Å². The number of aromatic nitrogens is 1. The van der Waals surface area contributed by atoms with Gasteiger partial charge in [-0.2, -0.15) is 4.98 Å². The van der Waals surface area contributed by atoms with Gasteiger partial charge in [0.2, 0.25) is 0 Å². The van der Waals surface area contributed by atoms with Crippen LogP contribution in [0.5, 0.6) is 11.8 Å². The second-order valence-electron chi connectivity index (χ2n) is 4.08. The summed E-state index contributed by atoms with van der Waals surface area (Å²) in [4.78, 5) is 4.21. The lowest BCUT2D eigenvalue weighted by Crippen LogP contribution is -2.13. The van der Waals surface area contributed by atoms with Crippen LogP contribution in [0.1, 0.15) is 19.0 Å². The maximum Gasteiger partial charge on any atom is 0.399 e. The summed E-state index contributed by atoms with van der Waals surface area (Å²) < 4.78 is 11.4. The van der Waals surface area contributed by atoms with E-state index in [1.165, 1.54) is 0 Å². The minimum atomic E-state index is 0.138. The zero-order valence-electron chi connectivity index (χ0n) is 10.8. The Balaban J connectivity index is 2.05. The summed E-state index contributed by atoms with van der Waals surface area (Å²) in [6.07, 6.45) is 2.75. The largest absolute Gasteiger partial charge is 0.417 e. The van der Waals surface area contributed by atoms with E-state index in [1.54, 1.807) is 18.4 Å². The zero-order valence-corrected chi connectivity index (χ0v) is 13.8. The van der Waals surface area contributed by atoms with Crippen LogP contribution in [0.2, 0.25) is 10.0 Å². The van der Waals surface area contributed by atoms with E-state index in [9.17, 15) is 0 Å². The van der Waals surface area contributed by atoms with E-state index in [-0.39, 0.29) is 6.08 Å². The first-order valence-corrected chi connectivity index (χ1v) is 7.62. The van der Waals surface area contributed by atoms with Crippen LogP contribution in [-0.4, -0.2) is 11.5 Å². The summed E-state index contributed by atoms with van der Waals surface area (Å²) in [5.41, 5.74) is 0.771. The molecule has 0 fully saturated rings. The molecule has 1 aromatic carbocycles. The molecular weight excluding hydrogens is 367 g/mol.